The van der Waals surface area contributed by atoms with Gasteiger partial charge in [-0.2, -0.15) is 0 Å². The molecule has 0 unspecified atom stereocenters. The largest absolute Gasteiger partial charge is 0.456 e. The fourth-order valence-electron chi connectivity index (χ4n) is 1.17. The lowest BCUT2D eigenvalue weighted by Gasteiger charge is -2.05. The third-order valence-corrected chi connectivity index (χ3v) is 1.78. The fraction of sp³-hybridized carbons (Fsp3) is 0.500. The van der Waals surface area contributed by atoms with E-state index in [1.54, 1.807) is 0 Å². The van der Waals surface area contributed by atoms with E-state index >= 15 is 0 Å². The lowest BCUT2D eigenvalue weighted by molar-refractivity contribution is -0.140. The zero-order valence-electron chi connectivity index (χ0n) is 9.32. The molecule has 0 radical (unpaired) electrons. The number of carbonyl (C=O) groups excluding carboxylic acids is 1. The highest BCUT2D eigenvalue weighted by Gasteiger charge is 2.05. The van der Waals surface area contributed by atoms with Crippen LogP contribution in [0.15, 0.2) is 24.3 Å². The Morgan fingerprint density at radius 2 is 2.33 bits per heavy atom. The van der Waals surface area contributed by atoms with Gasteiger partial charge in [0.15, 0.2) is 0 Å². The van der Waals surface area contributed by atoms with Crippen LogP contribution >= 0.6 is 0 Å². The standard InChI is InChI=1S/C12H17NO2/c1-5-6-10(2)7-11(3)9-15-12(14)8-13-4/h5,7,10H,1,6,8-9H2,2-3H3/b11-7+/t10-/m0/s1. The van der Waals surface area contributed by atoms with Gasteiger partial charge in [-0.25, -0.2) is 11.4 Å². The zero-order chi connectivity index (χ0) is 11.7. The number of hydrogen-bond donors (Lipinski definition) is 0. The minimum absolute atomic E-state index is 0.199. The van der Waals surface area contributed by atoms with Crippen molar-refractivity contribution in [1.82, 2.24) is 0 Å². The molecule has 0 amide bonds. The van der Waals surface area contributed by atoms with Crippen molar-refractivity contribution < 1.29 is 9.53 Å². The van der Waals surface area contributed by atoms with Crippen LogP contribution in [-0.4, -0.2) is 19.1 Å². The van der Waals surface area contributed by atoms with Gasteiger partial charge in [0.1, 0.15) is 6.61 Å². The van der Waals surface area contributed by atoms with E-state index in [-0.39, 0.29) is 13.2 Å². The Hall–Kier alpha value is -1.56. The van der Waals surface area contributed by atoms with Crippen molar-refractivity contribution >= 4 is 5.97 Å². The van der Waals surface area contributed by atoms with E-state index in [0.29, 0.717) is 5.92 Å². The highest BCUT2D eigenvalue weighted by atomic mass is 16.5. The van der Waals surface area contributed by atoms with Crippen LogP contribution in [0.2, 0.25) is 0 Å². The van der Waals surface area contributed by atoms with Gasteiger partial charge < -0.3 is 9.58 Å². The minimum Gasteiger partial charge on any atom is -0.456 e. The summed E-state index contributed by atoms with van der Waals surface area (Å²) in [6.07, 6.45) is 4.82. The number of carbonyl (C=O) groups is 1. The molecule has 15 heavy (non-hydrogen) atoms. The van der Waals surface area contributed by atoms with Gasteiger partial charge in [-0.15, -0.1) is 6.58 Å². The molecule has 82 valence electrons. The molecule has 0 aromatic carbocycles. The molecule has 0 aliphatic carbocycles. The number of hydrogen-bond acceptors (Lipinski definition) is 2. The van der Waals surface area contributed by atoms with Gasteiger partial charge in [-0.3, -0.25) is 0 Å². The summed E-state index contributed by atoms with van der Waals surface area (Å²) < 4.78 is 4.88. The Labute approximate surface area is 91.3 Å². The van der Waals surface area contributed by atoms with Crippen LogP contribution in [-0.2, 0) is 9.53 Å². The summed E-state index contributed by atoms with van der Waals surface area (Å²) in [7, 11) is 0. The highest BCUT2D eigenvalue weighted by Crippen LogP contribution is 2.08. The molecule has 0 spiro atoms. The first kappa shape index (κ1) is 13.4. The Balaban J connectivity index is 3.92. The lowest BCUT2D eigenvalue weighted by atomic mass is 10.1. The first-order valence-electron chi connectivity index (χ1n) is 4.87. The van der Waals surface area contributed by atoms with Crippen molar-refractivity contribution in [3.8, 4) is 0 Å². The molecule has 0 fully saturated rings. The quantitative estimate of drug-likeness (QED) is 0.381. The Kier molecular flexibility index (Phi) is 7.00. The highest BCUT2D eigenvalue weighted by molar-refractivity contribution is 5.73. The average Bonchev–Trinajstić information content (AvgIpc) is 2.15. The van der Waals surface area contributed by atoms with Gasteiger partial charge in [0, 0.05) is 0 Å². The maximum atomic E-state index is 10.9. The maximum Gasteiger partial charge on any atom is 0.387 e. The Morgan fingerprint density at radius 3 is 2.87 bits per heavy atom. The molecule has 0 aliphatic rings. The predicted octanol–water partition coefficient (Wildman–Crippen LogP) is 2.61. The van der Waals surface area contributed by atoms with E-state index in [0.717, 1.165) is 12.0 Å². The van der Waals surface area contributed by atoms with Crippen LogP contribution < -0.4 is 0 Å². The Morgan fingerprint density at radius 1 is 1.67 bits per heavy atom. The van der Waals surface area contributed by atoms with Crippen LogP contribution in [0.5, 0.6) is 0 Å². The fourth-order valence-corrected chi connectivity index (χ4v) is 1.17. The second-order valence-electron chi connectivity index (χ2n) is 3.49. The van der Waals surface area contributed by atoms with Crippen molar-refractivity contribution in [3.05, 3.63) is 35.7 Å². The number of rotatable bonds is 6. The van der Waals surface area contributed by atoms with Crippen LogP contribution in [0.1, 0.15) is 20.3 Å². The van der Waals surface area contributed by atoms with Crippen molar-refractivity contribution in [2.45, 2.75) is 20.3 Å². The van der Waals surface area contributed by atoms with Crippen LogP contribution in [0.4, 0.5) is 0 Å². The zero-order valence-corrected chi connectivity index (χ0v) is 9.32. The van der Waals surface area contributed by atoms with Gasteiger partial charge in [0.05, 0.1) is 0 Å². The number of nitrogens with zero attached hydrogens (tertiary/aromatic N) is 1. The third-order valence-electron chi connectivity index (χ3n) is 1.78. The van der Waals surface area contributed by atoms with E-state index in [2.05, 4.69) is 18.3 Å². The molecule has 0 bridgehead atoms. The molecule has 0 aromatic heterocycles. The molecule has 0 aliphatic heterocycles. The van der Waals surface area contributed by atoms with E-state index in [9.17, 15) is 4.79 Å². The normalized spacial score (nSPS) is 12.7. The first-order valence-corrected chi connectivity index (χ1v) is 4.87. The van der Waals surface area contributed by atoms with Crippen molar-refractivity contribution in [1.29, 1.82) is 0 Å². The summed E-state index contributed by atoms with van der Waals surface area (Å²) in [6.45, 7) is 14.2. The second kappa shape index (κ2) is 7.81. The maximum absolute atomic E-state index is 10.9. The summed E-state index contributed by atoms with van der Waals surface area (Å²) in [5, 5.41) is 0. The minimum atomic E-state index is -0.464. The molecule has 1 atom stereocenters. The van der Waals surface area contributed by atoms with Crippen LogP contribution in [0.25, 0.3) is 4.85 Å². The van der Waals surface area contributed by atoms with Crippen LogP contribution in [0, 0.1) is 12.5 Å². The smallest absolute Gasteiger partial charge is 0.387 e. The first-order chi connectivity index (χ1) is 7.10. The van der Waals surface area contributed by atoms with Gasteiger partial charge in [0.25, 0.3) is 0 Å². The predicted molar refractivity (Wildman–Crippen MR) is 60.2 cm³/mol. The molecule has 0 saturated carbocycles. The Bertz CT molecular complexity index is 286. The average molecular weight is 207 g/mol. The number of allylic oxidation sites excluding steroid dienone is 2. The molecule has 3 heteroatoms. The summed E-state index contributed by atoms with van der Waals surface area (Å²) in [5.41, 5.74) is 1.00. The van der Waals surface area contributed by atoms with E-state index < -0.39 is 5.97 Å². The molecule has 0 saturated heterocycles. The third kappa shape index (κ3) is 7.51. The molecule has 0 heterocycles. The van der Waals surface area contributed by atoms with Crippen LogP contribution in [0.3, 0.4) is 0 Å². The number of esters is 1. The second-order valence-corrected chi connectivity index (χ2v) is 3.49. The van der Waals surface area contributed by atoms with Crippen molar-refractivity contribution in [3.63, 3.8) is 0 Å². The summed E-state index contributed by atoms with van der Waals surface area (Å²) in [6, 6.07) is 0. The van der Waals surface area contributed by atoms with E-state index in [1.807, 2.05) is 19.1 Å². The van der Waals surface area contributed by atoms with E-state index in [4.69, 9.17) is 11.3 Å². The number of ether oxygens (including phenoxy) is 1. The van der Waals surface area contributed by atoms with Crippen molar-refractivity contribution in [2.24, 2.45) is 5.92 Å². The summed E-state index contributed by atoms with van der Waals surface area (Å²) in [4.78, 5) is 13.8. The van der Waals surface area contributed by atoms with Gasteiger partial charge in [-0.05, 0) is 24.8 Å². The lowest BCUT2D eigenvalue weighted by Crippen LogP contribution is -2.09. The van der Waals surface area contributed by atoms with Gasteiger partial charge in [0.2, 0.25) is 0 Å². The van der Waals surface area contributed by atoms with E-state index in [1.165, 1.54) is 0 Å². The monoisotopic (exact) mass is 207 g/mol. The molecule has 0 N–H and O–H groups in total. The molecule has 0 rings (SSSR count). The van der Waals surface area contributed by atoms with Gasteiger partial charge in [-0.1, -0.05) is 19.1 Å². The van der Waals surface area contributed by atoms with Crippen molar-refractivity contribution in [2.75, 3.05) is 13.2 Å². The molecule has 3 nitrogen and oxygen atoms in total. The molecular weight excluding hydrogens is 190 g/mol. The SMILES string of the molecule is [C-]#[N+]CC(=O)OC/C(C)=C/[C@@H](C)CC=C. The summed E-state index contributed by atoms with van der Waals surface area (Å²) in [5.74, 6) is -0.0591. The molecular formula is C12H17NO2. The topological polar surface area (TPSA) is 30.7 Å². The molecule has 0 aromatic rings. The summed E-state index contributed by atoms with van der Waals surface area (Å²) >= 11 is 0. The van der Waals surface area contributed by atoms with Gasteiger partial charge >= 0.3 is 12.5 Å².